The number of hydrogen-bond acceptors (Lipinski definition) is 8. The molecule has 65 heavy (non-hydrogen) atoms. The largest absolute Gasteiger partial charge is 0.325 e. The normalized spacial score (nSPS) is 10.5. The van der Waals surface area contributed by atoms with Crippen molar-refractivity contribution < 1.29 is 0 Å². The quantitative estimate of drug-likeness (QED) is 0.0939. The molecule has 0 bridgehead atoms. The molecule has 8 rings (SSSR count). The van der Waals surface area contributed by atoms with Gasteiger partial charge in [-0.1, -0.05) is 95.9 Å². The van der Waals surface area contributed by atoms with Crippen LogP contribution in [-0.4, -0.2) is 39.9 Å². The number of hydrogen-bond donors (Lipinski definition) is 8. The molecule has 4 heterocycles. The molecule has 4 aromatic heterocycles. The van der Waals surface area contributed by atoms with Crippen molar-refractivity contribution in [1.82, 2.24) is 39.9 Å². The molecular formula is C49H28N8O8. The van der Waals surface area contributed by atoms with Crippen LogP contribution in [0.2, 0.25) is 0 Å². The first-order valence-corrected chi connectivity index (χ1v) is 19.2. The third-order valence-corrected chi connectivity index (χ3v) is 9.91. The number of nitrogens with one attached hydrogen (secondary N) is 8. The van der Waals surface area contributed by atoms with Gasteiger partial charge in [0.25, 0.3) is 22.2 Å². The van der Waals surface area contributed by atoms with E-state index in [0.717, 1.165) is 22.3 Å². The van der Waals surface area contributed by atoms with Crippen molar-refractivity contribution in [3.63, 3.8) is 0 Å². The summed E-state index contributed by atoms with van der Waals surface area (Å²) >= 11 is 0. The lowest BCUT2D eigenvalue weighted by Crippen LogP contribution is -2.31. The minimum atomic E-state index is -1.10. The molecule has 4 aromatic carbocycles. The highest BCUT2D eigenvalue weighted by Crippen LogP contribution is 2.45. The van der Waals surface area contributed by atoms with Crippen molar-refractivity contribution >= 4 is 0 Å². The molecule has 16 nitrogen and oxygen atoms in total. The Hall–Kier alpha value is -10.2. The first-order chi connectivity index (χ1) is 31.4. The standard InChI is InChI=1S/C49H28N8O8/c58-41-33(25-50-45(62)54-41)13-1-29-5-17-37(18-6-29)49(38-19-7-30(8-20-38)2-14-34-26-51-46(63)55-42(34)59,39-21-9-31(10-22-39)3-15-35-27-52-47(64)56-43(35)60)40-23-11-32(12-24-40)4-16-36-28-53-48(65)57-44(36)61/h5-12,17-28H,(H2,50,54,58,62)(H2,51,55,59,63)(H2,52,56,60,64)(H2,53,57,61,65). The van der Waals surface area contributed by atoms with Gasteiger partial charge in [0, 0.05) is 47.0 Å². The number of benzene rings is 4. The molecule has 16 heteroatoms. The number of aromatic amines is 8. The van der Waals surface area contributed by atoms with Crippen molar-refractivity contribution in [3.8, 4) is 47.4 Å². The zero-order valence-corrected chi connectivity index (χ0v) is 33.3. The van der Waals surface area contributed by atoms with Crippen molar-refractivity contribution in [2.24, 2.45) is 0 Å². The van der Waals surface area contributed by atoms with E-state index in [1.54, 1.807) is 48.5 Å². The molecule has 0 saturated heterocycles. The van der Waals surface area contributed by atoms with Crippen LogP contribution in [0.4, 0.5) is 0 Å². The Bertz CT molecular complexity index is 3390. The minimum Gasteiger partial charge on any atom is -0.313 e. The molecule has 0 spiro atoms. The third-order valence-electron chi connectivity index (χ3n) is 9.91. The van der Waals surface area contributed by atoms with E-state index < -0.39 is 50.4 Å². The highest BCUT2D eigenvalue weighted by Gasteiger charge is 2.38. The summed E-state index contributed by atoms with van der Waals surface area (Å²) < 4.78 is 0. The summed E-state index contributed by atoms with van der Waals surface area (Å²) in [4.78, 5) is 114. The van der Waals surface area contributed by atoms with E-state index in [0.29, 0.717) is 22.3 Å². The second-order valence-electron chi connectivity index (χ2n) is 14.0. The molecule has 0 aliphatic carbocycles. The number of aromatic nitrogens is 8. The van der Waals surface area contributed by atoms with Crippen molar-refractivity contribution in [3.05, 3.63) is 272 Å². The van der Waals surface area contributed by atoms with Gasteiger partial charge in [0.05, 0.1) is 5.41 Å². The molecule has 0 aliphatic heterocycles. The van der Waals surface area contributed by atoms with Crippen LogP contribution in [0, 0.1) is 47.4 Å². The van der Waals surface area contributed by atoms with Gasteiger partial charge in [-0.2, -0.15) is 0 Å². The molecule has 0 amide bonds. The van der Waals surface area contributed by atoms with E-state index in [1.165, 1.54) is 24.8 Å². The predicted molar refractivity (Wildman–Crippen MR) is 239 cm³/mol. The van der Waals surface area contributed by atoms with E-state index in [4.69, 9.17) is 0 Å². The molecule has 0 radical (unpaired) electrons. The van der Waals surface area contributed by atoms with Crippen molar-refractivity contribution in [2.75, 3.05) is 0 Å². The Kier molecular flexibility index (Phi) is 11.4. The zero-order chi connectivity index (χ0) is 45.5. The fraction of sp³-hybridized carbons (Fsp3) is 0.0204. The smallest absolute Gasteiger partial charge is 0.313 e. The molecular weight excluding hydrogens is 829 g/mol. The van der Waals surface area contributed by atoms with Gasteiger partial charge in [-0.15, -0.1) is 0 Å². The highest BCUT2D eigenvalue weighted by molar-refractivity contribution is 5.63. The molecule has 0 saturated carbocycles. The second-order valence-corrected chi connectivity index (χ2v) is 14.0. The highest BCUT2D eigenvalue weighted by atomic mass is 16.2. The topological polar surface area (TPSA) is 263 Å². The Balaban J connectivity index is 1.29. The van der Waals surface area contributed by atoms with Gasteiger partial charge in [-0.25, -0.2) is 19.2 Å². The summed E-state index contributed by atoms with van der Waals surface area (Å²) in [7, 11) is 0. The van der Waals surface area contributed by atoms with E-state index in [-0.39, 0.29) is 22.3 Å². The first-order valence-electron chi connectivity index (χ1n) is 19.2. The van der Waals surface area contributed by atoms with Crippen LogP contribution >= 0.6 is 0 Å². The third kappa shape index (κ3) is 9.14. The van der Waals surface area contributed by atoms with E-state index in [2.05, 4.69) is 87.2 Å². The van der Waals surface area contributed by atoms with Crippen LogP contribution in [0.25, 0.3) is 0 Å². The average molecular weight is 857 g/mol. The molecule has 0 fully saturated rings. The maximum absolute atomic E-state index is 12.3. The van der Waals surface area contributed by atoms with Crippen molar-refractivity contribution in [2.45, 2.75) is 5.41 Å². The van der Waals surface area contributed by atoms with Gasteiger partial charge < -0.3 is 19.9 Å². The summed E-state index contributed by atoms with van der Waals surface area (Å²) in [6.45, 7) is 0. The summed E-state index contributed by atoms with van der Waals surface area (Å²) in [6.07, 6.45) is 4.94. The molecule has 8 aromatic rings. The van der Waals surface area contributed by atoms with Gasteiger partial charge in [0.1, 0.15) is 22.3 Å². The van der Waals surface area contributed by atoms with Crippen molar-refractivity contribution in [1.29, 1.82) is 0 Å². The zero-order valence-electron chi connectivity index (χ0n) is 33.3. The van der Waals surface area contributed by atoms with E-state index in [1.807, 2.05) is 48.5 Å². The summed E-state index contributed by atoms with van der Waals surface area (Å²) in [6, 6.07) is 29.5. The van der Waals surface area contributed by atoms with Gasteiger partial charge in [-0.05, 0) is 70.8 Å². The second kappa shape index (κ2) is 17.8. The van der Waals surface area contributed by atoms with E-state index in [9.17, 15) is 38.4 Å². The van der Waals surface area contributed by atoms with Gasteiger partial charge in [0.15, 0.2) is 0 Å². The maximum atomic E-state index is 12.3. The molecule has 8 N–H and O–H groups in total. The molecule has 312 valence electrons. The van der Waals surface area contributed by atoms with Crippen LogP contribution in [-0.2, 0) is 5.41 Å². The predicted octanol–water partition coefficient (Wildman–Crippen LogP) is 1.17. The van der Waals surface area contributed by atoms with Gasteiger partial charge >= 0.3 is 22.8 Å². The van der Waals surface area contributed by atoms with Crippen LogP contribution in [0.5, 0.6) is 0 Å². The summed E-state index contributed by atoms with van der Waals surface area (Å²) in [5.41, 5.74) is -0.688. The minimum absolute atomic E-state index is 0.0677. The molecule has 0 atom stereocenters. The Morgan fingerprint density at radius 2 is 0.477 bits per heavy atom. The molecule has 0 aliphatic rings. The molecule has 0 unspecified atom stereocenters. The van der Waals surface area contributed by atoms with Crippen LogP contribution < -0.4 is 45.0 Å². The fourth-order valence-corrected chi connectivity index (χ4v) is 6.78. The monoisotopic (exact) mass is 856 g/mol. The Morgan fingerprint density at radius 3 is 0.662 bits per heavy atom. The lowest BCUT2D eigenvalue weighted by atomic mass is 9.65. The first kappa shape index (κ1) is 41.6. The SMILES string of the molecule is O=c1[nH]cc(C#Cc2ccc(C(c3ccc(C#Cc4c[nH]c(=O)[nH]c4=O)cc3)(c3ccc(C#Cc4c[nH]c(=O)[nH]c4=O)cc3)c3ccc(C#Cc4c[nH]c(=O)[nH]c4=O)cc3)cc2)c(=O)[nH]1. The Morgan fingerprint density at radius 1 is 0.277 bits per heavy atom. The van der Waals surface area contributed by atoms with Gasteiger partial charge in [0.2, 0.25) is 0 Å². The van der Waals surface area contributed by atoms with E-state index >= 15 is 0 Å². The summed E-state index contributed by atoms with van der Waals surface area (Å²) in [5, 5.41) is 0. The van der Waals surface area contributed by atoms with Crippen LogP contribution in [0.3, 0.4) is 0 Å². The fourth-order valence-electron chi connectivity index (χ4n) is 6.78. The maximum Gasteiger partial charge on any atom is 0.325 e. The van der Waals surface area contributed by atoms with Gasteiger partial charge in [-0.3, -0.25) is 39.1 Å². The number of rotatable bonds is 4. The van der Waals surface area contributed by atoms with Crippen LogP contribution in [0.1, 0.15) is 66.8 Å². The average Bonchev–Trinajstić information content (AvgIpc) is 3.30. The van der Waals surface area contributed by atoms with Crippen LogP contribution in [0.15, 0.2) is 160 Å². The lowest BCUT2D eigenvalue weighted by molar-refractivity contribution is 0.744. The number of H-pyrrole nitrogens is 8. The Labute approximate surface area is 363 Å². The summed E-state index contributed by atoms with van der Waals surface area (Å²) in [5.74, 6) is 23.1. The lowest BCUT2D eigenvalue weighted by Gasteiger charge is -2.37.